The minimum absolute atomic E-state index is 0. The maximum atomic E-state index is 12.7. The molecule has 1 saturated heterocycles. The third kappa shape index (κ3) is 5.55. The molecule has 0 aliphatic carbocycles. The number of hydrogen-bond donors (Lipinski definition) is 2. The molecule has 3 N–H and O–H groups in total. The Bertz CT molecular complexity index is 811. The van der Waals surface area contributed by atoms with Gasteiger partial charge in [-0.15, -0.1) is 12.4 Å². The Morgan fingerprint density at radius 3 is 2.69 bits per heavy atom. The van der Waals surface area contributed by atoms with Gasteiger partial charge in [0.15, 0.2) is 0 Å². The van der Waals surface area contributed by atoms with Crippen LogP contribution in [0.4, 0.5) is 0 Å². The Morgan fingerprint density at radius 2 is 2.00 bits per heavy atom. The molecule has 8 nitrogen and oxygen atoms in total. The van der Waals surface area contributed by atoms with Gasteiger partial charge in [0.1, 0.15) is 6.04 Å². The maximum absolute atomic E-state index is 12.7. The first-order valence-electron chi connectivity index (χ1n) is 9.69. The van der Waals surface area contributed by atoms with E-state index in [1.54, 1.807) is 4.90 Å². The summed E-state index contributed by atoms with van der Waals surface area (Å²) in [6.45, 7) is 4.24. The lowest BCUT2D eigenvalue weighted by Crippen LogP contribution is -2.49. The first-order chi connectivity index (χ1) is 13.5. The van der Waals surface area contributed by atoms with E-state index in [1.165, 1.54) is 0 Å². The molecule has 9 heteroatoms. The average Bonchev–Trinajstić information content (AvgIpc) is 3.22. The van der Waals surface area contributed by atoms with Crippen molar-refractivity contribution in [2.75, 3.05) is 13.1 Å². The Balaban J connectivity index is 0.00000300. The highest BCUT2D eigenvalue weighted by atomic mass is 35.5. The van der Waals surface area contributed by atoms with Crippen LogP contribution in [0, 0.1) is 5.92 Å². The Kier molecular flexibility index (Phi) is 8.16. The largest absolute Gasteiger partial charge is 0.346 e. The molecule has 1 aromatic carbocycles. The SMILES string of the molecule is CC(C)[C@H](N)C(=O)NCC(=O)N1CCCCC1c1nc(-c2ccccc2)no1.Cl. The number of piperidine rings is 1. The molecular weight excluding hydrogens is 394 g/mol. The van der Waals surface area contributed by atoms with E-state index in [0.717, 1.165) is 24.8 Å². The first-order valence-corrected chi connectivity index (χ1v) is 9.69. The number of benzene rings is 1. The van der Waals surface area contributed by atoms with Crippen LogP contribution in [-0.2, 0) is 9.59 Å². The van der Waals surface area contributed by atoms with Gasteiger partial charge in [0, 0.05) is 12.1 Å². The van der Waals surface area contributed by atoms with Crippen LogP contribution in [0.5, 0.6) is 0 Å². The third-order valence-electron chi connectivity index (χ3n) is 5.02. The number of amides is 2. The van der Waals surface area contributed by atoms with Crippen LogP contribution in [0.1, 0.15) is 45.0 Å². The standard InChI is InChI=1S/C20H27N5O3.ClH/c1-13(2)17(21)19(27)22-12-16(26)25-11-7-6-10-15(25)20-23-18(24-28-20)14-8-4-3-5-9-14;/h3-5,8-9,13,15,17H,6-7,10-12,21H2,1-2H3,(H,22,27);1H/t15?,17-;/m0./s1. The summed E-state index contributed by atoms with van der Waals surface area (Å²) in [5.74, 6) is 0.448. The molecule has 29 heavy (non-hydrogen) atoms. The molecule has 1 unspecified atom stereocenters. The van der Waals surface area contributed by atoms with E-state index in [4.69, 9.17) is 10.3 Å². The van der Waals surface area contributed by atoms with E-state index in [-0.39, 0.29) is 42.7 Å². The van der Waals surface area contributed by atoms with Crippen molar-refractivity contribution in [2.45, 2.75) is 45.2 Å². The van der Waals surface area contributed by atoms with Crippen LogP contribution in [0.25, 0.3) is 11.4 Å². The van der Waals surface area contributed by atoms with Crippen molar-refractivity contribution in [3.05, 3.63) is 36.2 Å². The van der Waals surface area contributed by atoms with E-state index < -0.39 is 6.04 Å². The topological polar surface area (TPSA) is 114 Å². The zero-order chi connectivity index (χ0) is 20.1. The quantitative estimate of drug-likeness (QED) is 0.739. The molecule has 0 bridgehead atoms. The zero-order valence-corrected chi connectivity index (χ0v) is 17.5. The van der Waals surface area contributed by atoms with Crippen molar-refractivity contribution in [2.24, 2.45) is 11.7 Å². The van der Waals surface area contributed by atoms with Crippen LogP contribution in [-0.4, -0.2) is 46.0 Å². The average molecular weight is 422 g/mol. The normalized spacial score (nSPS) is 17.5. The van der Waals surface area contributed by atoms with Crippen molar-refractivity contribution >= 4 is 24.2 Å². The van der Waals surface area contributed by atoms with Gasteiger partial charge in [-0.05, 0) is 25.2 Å². The fourth-order valence-electron chi connectivity index (χ4n) is 3.25. The molecule has 2 heterocycles. The number of nitrogens with two attached hydrogens (primary N) is 1. The minimum atomic E-state index is -0.630. The van der Waals surface area contributed by atoms with Gasteiger partial charge in [0.05, 0.1) is 12.6 Å². The Morgan fingerprint density at radius 1 is 1.28 bits per heavy atom. The summed E-state index contributed by atoms with van der Waals surface area (Å²) in [5, 5.41) is 6.70. The van der Waals surface area contributed by atoms with Gasteiger partial charge in [-0.25, -0.2) is 0 Å². The van der Waals surface area contributed by atoms with Gasteiger partial charge in [0.25, 0.3) is 0 Å². The van der Waals surface area contributed by atoms with Crippen LogP contribution in [0.2, 0.25) is 0 Å². The summed E-state index contributed by atoms with van der Waals surface area (Å²) in [4.78, 5) is 31.0. The fraction of sp³-hybridized carbons (Fsp3) is 0.500. The van der Waals surface area contributed by atoms with Crippen LogP contribution in [0.3, 0.4) is 0 Å². The second kappa shape index (κ2) is 10.4. The van der Waals surface area contributed by atoms with Gasteiger partial charge in [-0.1, -0.05) is 49.3 Å². The van der Waals surface area contributed by atoms with Crippen molar-refractivity contribution in [1.82, 2.24) is 20.4 Å². The fourth-order valence-corrected chi connectivity index (χ4v) is 3.25. The summed E-state index contributed by atoms with van der Waals surface area (Å²) in [5.41, 5.74) is 6.69. The predicted molar refractivity (Wildman–Crippen MR) is 111 cm³/mol. The highest BCUT2D eigenvalue weighted by Gasteiger charge is 2.32. The van der Waals surface area contributed by atoms with Crippen molar-refractivity contribution in [1.29, 1.82) is 0 Å². The Hall–Kier alpha value is -2.45. The molecule has 1 aromatic heterocycles. The number of aromatic nitrogens is 2. The highest BCUT2D eigenvalue weighted by Crippen LogP contribution is 2.31. The number of nitrogens with one attached hydrogen (secondary N) is 1. The third-order valence-corrected chi connectivity index (χ3v) is 5.02. The lowest BCUT2D eigenvalue weighted by Gasteiger charge is -2.33. The zero-order valence-electron chi connectivity index (χ0n) is 16.7. The Labute approximate surface area is 176 Å². The van der Waals surface area contributed by atoms with E-state index >= 15 is 0 Å². The number of halogens is 1. The van der Waals surface area contributed by atoms with E-state index in [9.17, 15) is 9.59 Å². The summed E-state index contributed by atoms with van der Waals surface area (Å²) in [6, 6.07) is 8.65. The number of carbonyl (C=O) groups is 2. The molecule has 1 aliphatic heterocycles. The summed E-state index contributed by atoms with van der Waals surface area (Å²) in [7, 11) is 0. The van der Waals surface area contributed by atoms with E-state index in [1.807, 2.05) is 44.2 Å². The number of nitrogens with zero attached hydrogens (tertiary/aromatic N) is 3. The van der Waals surface area contributed by atoms with E-state index in [0.29, 0.717) is 18.3 Å². The van der Waals surface area contributed by atoms with Gasteiger partial charge in [-0.3, -0.25) is 9.59 Å². The molecule has 158 valence electrons. The van der Waals surface area contributed by atoms with Crippen molar-refractivity contribution in [3.63, 3.8) is 0 Å². The molecule has 1 fully saturated rings. The second-order valence-corrected chi connectivity index (χ2v) is 7.41. The number of rotatable bonds is 6. The van der Waals surface area contributed by atoms with Gasteiger partial charge in [-0.2, -0.15) is 4.98 Å². The molecule has 2 amide bonds. The van der Waals surface area contributed by atoms with Gasteiger partial charge in [0.2, 0.25) is 23.5 Å². The highest BCUT2D eigenvalue weighted by molar-refractivity contribution is 5.87. The smallest absolute Gasteiger partial charge is 0.249 e. The monoisotopic (exact) mass is 421 g/mol. The summed E-state index contributed by atoms with van der Waals surface area (Å²) >= 11 is 0. The molecule has 2 atom stereocenters. The van der Waals surface area contributed by atoms with E-state index in [2.05, 4.69) is 15.5 Å². The lowest BCUT2D eigenvalue weighted by molar-refractivity contribution is -0.137. The first kappa shape index (κ1) is 22.8. The molecule has 2 aromatic rings. The van der Waals surface area contributed by atoms with Crippen LogP contribution >= 0.6 is 12.4 Å². The van der Waals surface area contributed by atoms with Gasteiger partial charge >= 0.3 is 0 Å². The van der Waals surface area contributed by atoms with Gasteiger partial charge < -0.3 is 20.5 Å². The number of hydrogen-bond acceptors (Lipinski definition) is 6. The summed E-state index contributed by atoms with van der Waals surface area (Å²) in [6.07, 6.45) is 2.63. The van der Waals surface area contributed by atoms with Crippen molar-refractivity contribution < 1.29 is 14.1 Å². The molecule has 1 aliphatic rings. The lowest BCUT2D eigenvalue weighted by atomic mass is 10.0. The maximum Gasteiger partial charge on any atom is 0.249 e. The molecular formula is C20H28ClN5O3. The molecule has 0 saturated carbocycles. The molecule has 3 rings (SSSR count). The van der Waals surface area contributed by atoms with Crippen LogP contribution in [0.15, 0.2) is 34.9 Å². The molecule has 0 radical (unpaired) electrons. The van der Waals surface area contributed by atoms with Crippen LogP contribution < -0.4 is 11.1 Å². The second-order valence-electron chi connectivity index (χ2n) is 7.41. The predicted octanol–water partition coefficient (Wildman–Crippen LogP) is 2.31. The summed E-state index contributed by atoms with van der Waals surface area (Å²) < 4.78 is 5.47. The number of carbonyl (C=O) groups excluding carboxylic acids is 2. The minimum Gasteiger partial charge on any atom is -0.346 e. The van der Waals surface area contributed by atoms with Crippen molar-refractivity contribution in [3.8, 4) is 11.4 Å². The number of likely N-dealkylation sites (tertiary alicyclic amines) is 1. The molecule has 0 spiro atoms.